The summed E-state index contributed by atoms with van der Waals surface area (Å²) in [6.07, 6.45) is 2.78. The number of fused-ring (bicyclic) bond motifs is 2. The number of hydrogen-bond donors (Lipinski definition) is 0. The number of rotatable bonds is 4. The van der Waals surface area contributed by atoms with E-state index >= 15 is 0 Å². The Bertz CT molecular complexity index is 1530. The second kappa shape index (κ2) is 7.63. The van der Waals surface area contributed by atoms with Gasteiger partial charge in [0.25, 0.3) is 0 Å². The van der Waals surface area contributed by atoms with Crippen LogP contribution >= 0.6 is 0 Å². The smallest absolute Gasteiger partial charge is 0.192 e. The predicted octanol–water partition coefficient (Wildman–Crippen LogP) is 5.68. The summed E-state index contributed by atoms with van der Waals surface area (Å²) in [7, 11) is -3.39. The summed E-state index contributed by atoms with van der Waals surface area (Å²) in [5.74, 6) is -0.150. The van der Waals surface area contributed by atoms with Crippen molar-refractivity contribution in [3.05, 3.63) is 77.4 Å². The van der Waals surface area contributed by atoms with Crippen molar-refractivity contribution < 1.29 is 12.8 Å². The number of nitrogens with zero attached hydrogens (tertiary/aromatic N) is 3. The van der Waals surface area contributed by atoms with Gasteiger partial charge in [0.2, 0.25) is 0 Å². The van der Waals surface area contributed by atoms with Gasteiger partial charge in [0.1, 0.15) is 5.82 Å². The third-order valence-electron chi connectivity index (χ3n) is 6.14. The molecule has 4 aromatic rings. The molecule has 2 aromatic heterocycles. The monoisotopic (exact) mass is 461 g/mol. The van der Waals surface area contributed by atoms with Crippen LogP contribution in [0.15, 0.2) is 64.7 Å². The molecule has 33 heavy (non-hydrogen) atoms. The minimum absolute atomic E-state index is 0.0459. The van der Waals surface area contributed by atoms with Gasteiger partial charge in [0.05, 0.1) is 12.1 Å². The highest BCUT2D eigenvalue weighted by Gasteiger charge is 2.25. The third-order valence-corrected chi connectivity index (χ3v) is 7.14. The molecule has 168 valence electrons. The first-order valence-corrected chi connectivity index (χ1v) is 12.7. The van der Waals surface area contributed by atoms with E-state index in [9.17, 15) is 12.8 Å². The molecule has 0 N–H and O–H groups in total. The Kier molecular flexibility index (Phi) is 4.97. The van der Waals surface area contributed by atoms with Gasteiger partial charge in [-0.05, 0) is 66.9 Å². The van der Waals surface area contributed by atoms with E-state index in [4.69, 9.17) is 0 Å². The molecular weight excluding hydrogens is 437 g/mol. The fourth-order valence-electron chi connectivity index (χ4n) is 4.62. The van der Waals surface area contributed by atoms with Crippen LogP contribution in [-0.4, -0.2) is 29.9 Å². The van der Waals surface area contributed by atoms with Crippen molar-refractivity contribution in [1.29, 1.82) is 0 Å². The van der Waals surface area contributed by atoms with E-state index in [2.05, 4.69) is 40.5 Å². The molecule has 5 rings (SSSR count). The lowest BCUT2D eigenvalue weighted by Gasteiger charge is -2.16. The SMILES string of the molecule is CC1=NCc2cc3c(-c4ccc(S(C)(=O)=O)nc4)c(C(C)C)n(-c4ccc(F)cc4)c3cc21. The number of benzene rings is 2. The van der Waals surface area contributed by atoms with Crippen LogP contribution in [0.4, 0.5) is 4.39 Å². The molecule has 7 heteroatoms. The van der Waals surface area contributed by atoms with Crippen molar-refractivity contribution in [1.82, 2.24) is 9.55 Å². The van der Waals surface area contributed by atoms with Crippen LogP contribution in [-0.2, 0) is 16.4 Å². The van der Waals surface area contributed by atoms with E-state index in [1.807, 2.05) is 13.0 Å². The van der Waals surface area contributed by atoms with E-state index < -0.39 is 9.84 Å². The van der Waals surface area contributed by atoms with Gasteiger partial charge in [0.15, 0.2) is 14.9 Å². The molecule has 0 bridgehead atoms. The van der Waals surface area contributed by atoms with Crippen molar-refractivity contribution in [2.24, 2.45) is 4.99 Å². The average molecular weight is 462 g/mol. The molecular formula is C26H24FN3O2S. The fourth-order valence-corrected chi connectivity index (χ4v) is 5.18. The van der Waals surface area contributed by atoms with Gasteiger partial charge >= 0.3 is 0 Å². The van der Waals surface area contributed by atoms with Gasteiger partial charge in [0, 0.05) is 51.6 Å². The van der Waals surface area contributed by atoms with Crippen molar-refractivity contribution in [3.63, 3.8) is 0 Å². The molecule has 5 nitrogen and oxygen atoms in total. The number of halogens is 1. The number of hydrogen-bond acceptors (Lipinski definition) is 4. The van der Waals surface area contributed by atoms with Crippen LogP contribution in [0.3, 0.4) is 0 Å². The number of sulfone groups is 1. The summed E-state index contributed by atoms with van der Waals surface area (Å²) in [6.45, 7) is 6.90. The normalized spacial score (nSPS) is 13.6. The number of aromatic nitrogens is 2. The van der Waals surface area contributed by atoms with Gasteiger partial charge in [-0.3, -0.25) is 4.99 Å². The van der Waals surface area contributed by atoms with Gasteiger partial charge in [-0.1, -0.05) is 13.8 Å². The summed E-state index contributed by atoms with van der Waals surface area (Å²) < 4.78 is 39.8. The first kappa shape index (κ1) is 21.5. The molecule has 3 heterocycles. The Hall–Kier alpha value is -3.32. The third kappa shape index (κ3) is 3.56. The average Bonchev–Trinajstić information content (AvgIpc) is 3.30. The van der Waals surface area contributed by atoms with Crippen LogP contribution in [0.25, 0.3) is 27.7 Å². The second-order valence-corrected chi connectivity index (χ2v) is 10.8. The minimum atomic E-state index is -3.39. The molecule has 0 radical (unpaired) electrons. The lowest BCUT2D eigenvalue weighted by atomic mass is 9.96. The molecule has 1 aliphatic rings. The summed E-state index contributed by atoms with van der Waals surface area (Å²) in [5, 5.41) is 1.09. The van der Waals surface area contributed by atoms with Crippen LogP contribution in [0.5, 0.6) is 0 Å². The van der Waals surface area contributed by atoms with Crippen LogP contribution in [0.2, 0.25) is 0 Å². The first-order valence-electron chi connectivity index (χ1n) is 10.8. The van der Waals surface area contributed by atoms with E-state index in [0.29, 0.717) is 6.54 Å². The van der Waals surface area contributed by atoms with E-state index in [1.54, 1.807) is 24.4 Å². The largest absolute Gasteiger partial charge is 0.313 e. The molecule has 0 saturated heterocycles. The molecule has 2 aromatic carbocycles. The second-order valence-electron chi connectivity index (χ2n) is 8.81. The molecule has 0 unspecified atom stereocenters. The summed E-state index contributed by atoms with van der Waals surface area (Å²) in [5.41, 5.74) is 8.06. The van der Waals surface area contributed by atoms with E-state index in [-0.39, 0.29) is 16.8 Å². The van der Waals surface area contributed by atoms with Gasteiger partial charge in [-0.2, -0.15) is 0 Å². The topological polar surface area (TPSA) is 64.3 Å². The van der Waals surface area contributed by atoms with Gasteiger partial charge in [-0.25, -0.2) is 17.8 Å². The van der Waals surface area contributed by atoms with E-state index in [1.165, 1.54) is 12.1 Å². The van der Waals surface area contributed by atoms with Crippen molar-refractivity contribution in [2.45, 2.75) is 38.3 Å². The lowest BCUT2D eigenvalue weighted by Crippen LogP contribution is -2.04. The molecule has 0 amide bonds. The van der Waals surface area contributed by atoms with Gasteiger partial charge in [-0.15, -0.1) is 0 Å². The first-order chi connectivity index (χ1) is 15.6. The molecule has 0 aliphatic carbocycles. The summed E-state index contributed by atoms with van der Waals surface area (Å²) in [4.78, 5) is 8.84. The maximum absolute atomic E-state index is 13.7. The fraction of sp³-hybridized carbons (Fsp3) is 0.231. The van der Waals surface area contributed by atoms with Gasteiger partial charge < -0.3 is 4.57 Å². The zero-order chi connectivity index (χ0) is 23.5. The Morgan fingerprint density at radius 3 is 2.39 bits per heavy atom. The Balaban J connectivity index is 1.87. The Morgan fingerprint density at radius 1 is 1.06 bits per heavy atom. The zero-order valence-corrected chi connectivity index (χ0v) is 19.7. The maximum Gasteiger partial charge on any atom is 0.192 e. The molecule has 0 atom stereocenters. The highest BCUT2D eigenvalue weighted by Crippen LogP contribution is 2.42. The maximum atomic E-state index is 13.7. The van der Waals surface area contributed by atoms with Crippen LogP contribution < -0.4 is 0 Å². The van der Waals surface area contributed by atoms with Crippen molar-refractivity contribution >= 4 is 26.5 Å². The predicted molar refractivity (Wildman–Crippen MR) is 130 cm³/mol. The summed E-state index contributed by atoms with van der Waals surface area (Å²) in [6, 6.07) is 14.2. The Labute approximate surface area is 192 Å². The standard InChI is InChI=1S/C26H24FN3O2S/c1-15(2)26-25(17-5-10-24(29-13-17)33(4,31)32)22-11-18-14-28-16(3)21(18)12-23(22)30(26)20-8-6-19(27)7-9-20/h5-13,15H,14H2,1-4H3. The van der Waals surface area contributed by atoms with Crippen LogP contribution in [0, 0.1) is 5.82 Å². The Morgan fingerprint density at radius 2 is 1.79 bits per heavy atom. The highest BCUT2D eigenvalue weighted by atomic mass is 32.2. The lowest BCUT2D eigenvalue weighted by molar-refractivity contribution is 0.598. The van der Waals surface area contributed by atoms with Crippen LogP contribution in [0.1, 0.15) is 43.5 Å². The number of aliphatic imine (C=N–C) groups is 1. The zero-order valence-electron chi connectivity index (χ0n) is 18.9. The quantitative estimate of drug-likeness (QED) is 0.393. The minimum Gasteiger partial charge on any atom is -0.313 e. The van der Waals surface area contributed by atoms with Crippen molar-refractivity contribution in [2.75, 3.05) is 6.26 Å². The molecule has 0 fully saturated rings. The number of pyridine rings is 1. The van der Waals surface area contributed by atoms with E-state index in [0.717, 1.165) is 56.5 Å². The van der Waals surface area contributed by atoms with Crippen molar-refractivity contribution in [3.8, 4) is 16.8 Å². The summed E-state index contributed by atoms with van der Waals surface area (Å²) >= 11 is 0. The molecule has 0 saturated carbocycles. The molecule has 1 aliphatic heterocycles. The highest BCUT2D eigenvalue weighted by molar-refractivity contribution is 7.90. The molecule has 0 spiro atoms.